The number of aryl methyl sites for hydroxylation is 2. The number of hydrogen-bond acceptors (Lipinski definition) is 15. The number of nitrogens with zero attached hydrogens (tertiary/aromatic N) is 6. The SMILES string of the molecule is CB(c1ccccc1)n1c(-c2cccc(OC(=O)c3ccc4c(c3)C(=O)NC4=O)c2)c(/C(N=Bc2ccccc2)=C(\C#N)c2nc3cc(C)ccc3o2)c(=C/c2cccc(OC(=O)c3ccc4c(c3)C(=O)NC4=O)c2)/c1=C(\C#N)c1nc2cc(C)ccc2o1. The normalized spacial score (nSPS) is 13.3. The first-order valence-corrected chi connectivity index (χ1v) is 27.8. The first-order valence-electron chi connectivity index (χ1n) is 27.8. The van der Waals surface area contributed by atoms with Crippen LogP contribution in [0.5, 0.6) is 11.5 Å². The Bertz CT molecular complexity index is 5190. The zero-order valence-corrected chi connectivity index (χ0v) is 47.3. The quantitative estimate of drug-likeness (QED) is 0.0359. The third kappa shape index (κ3) is 10.6. The number of oxazole rings is 2. The van der Waals surface area contributed by atoms with Crippen LogP contribution in [-0.2, 0) is 0 Å². The van der Waals surface area contributed by atoms with E-state index in [2.05, 4.69) is 22.8 Å². The Balaban J connectivity index is 1.15. The summed E-state index contributed by atoms with van der Waals surface area (Å²) in [5, 5.41) is 28.7. The zero-order valence-electron chi connectivity index (χ0n) is 47.3. The van der Waals surface area contributed by atoms with Crippen LogP contribution in [0.3, 0.4) is 0 Å². The molecule has 8 aromatic carbocycles. The van der Waals surface area contributed by atoms with E-state index in [-0.39, 0.29) is 89.6 Å². The van der Waals surface area contributed by atoms with Crippen LogP contribution in [0.2, 0.25) is 6.82 Å². The van der Waals surface area contributed by atoms with Crippen molar-refractivity contribution in [3.05, 3.63) is 260 Å². The van der Waals surface area contributed by atoms with Crippen LogP contribution < -0.4 is 41.6 Å². The second kappa shape index (κ2) is 22.9. The van der Waals surface area contributed by atoms with E-state index in [1.807, 2.05) is 110 Å². The topological polar surface area (TPSA) is 262 Å². The molecule has 0 radical (unpaired) electrons. The number of fused-ring (bicyclic) bond motifs is 4. The Morgan fingerprint density at radius 2 is 1.16 bits per heavy atom. The van der Waals surface area contributed by atoms with Gasteiger partial charge in [0.1, 0.15) is 0 Å². The number of nitriles is 2. The van der Waals surface area contributed by atoms with Gasteiger partial charge >= 0.3 is 432 Å². The molecule has 0 aliphatic carbocycles. The molecule has 5 heterocycles. The number of imide groups is 2. The summed E-state index contributed by atoms with van der Waals surface area (Å²) in [6, 6.07) is 55.7. The summed E-state index contributed by atoms with van der Waals surface area (Å²) in [6.45, 7) is 5.02. The molecule has 11 aromatic rings. The molecule has 0 bridgehead atoms. The van der Waals surface area contributed by atoms with Gasteiger partial charge in [0.2, 0.25) is 0 Å². The molecule has 3 aromatic heterocycles. The Kier molecular flexibility index (Phi) is 14.3. The Hall–Kier alpha value is -12.4. The third-order valence-electron chi connectivity index (χ3n) is 15.1. The number of amides is 4. The van der Waals surface area contributed by atoms with Gasteiger partial charge in [0, 0.05) is 0 Å². The van der Waals surface area contributed by atoms with Crippen LogP contribution in [0, 0.1) is 36.5 Å². The van der Waals surface area contributed by atoms with E-state index >= 15 is 0 Å². The van der Waals surface area contributed by atoms with Gasteiger partial charge in [-0.1, -0.05) is 0 Å². The van der Waals surface area contributed by atoms with Gasteiger partial charge in [-0.2, -0.15) is 0 Å². The number of carbonyl (C=O) groups is 6. The average molecular weight is 1160 g/mol. The van der Waals surface area contributed by atoms with Gasteiger partial charge in [0.15, 0.2) is 0 Å². The van der Waals surface area contributed by atoms with E-state index in [9.17, 15) is 39.3 Å². The minimum absolute atomic E-state index is 0.000476. The summed E-state index contributed by atoms with van der Waals surface area (Å²) in [5.41, 5.74) is 6.21. The van der Waals surface area contributed by atoms with E-state index in [0.717, 1.165) is 16.6 Å². The van der Waals surface area contributed by atoms with Crippen molar-refractivity contribution < 1.29 is 47.1 Å². The molecule has 424 valence electrons. The molecule has 0 fully saturated rings. The summed E-state index contributed by atoms with van der Waals surface area (Å²) in [4.78, 5) is 93.6. The fourth-order valence-corrected chi connectivity index (χ4v) is 10.9. The molecule has 4 amide bonds. The standard InChI is InChI=1S/C69H42B2N8O10/c1-37-20-26-56-54(28-37)74-66(88-56)52(35-72)59(78-70-43-14-6-4-7-15-43)58-51(31-39-12-10-18-45(30-39)86-68(84)41-22-24-47-49(33-41)64(82)76-62(47)80)61(53(36-73)67-75-55-29-38(2)21-27-57(55)89-67)79(71(3)44-16-8-5-9-17-44)60(58)40-13-11-19-46(32-40)87-69(85)42-23-25-48-50(34-42)65(83)77-63(48)81/h4-34H,1-3H3,(H,76,80,82)(H,77,81,83)/b51-31-,59-52-,61-53-. The predicted octanol–water partition coefficient (Wildman–Crippen LogP) is 8.79. The number of ether oxygens (including phenoxy) is 2. The third-order valence-corrected chi connectivity index (χ3v) is 15.1. The van der Waals surface area contributed by atoms with E-state index < -0.39 is 42.4 Å². The molecule has 20 heteroatoms. The van der Waals surface area contributed by atoms with Gasteiger partial charge < -0.3 is 0 Å². The van der Waals surface area contributed by atoms with Gasteiger partial charge in [-0.15, -0.1) is 0 Å². The number of carbonyl (C=O) groups excluding carboxylic acids is 6. The van der Waals surface area contributed by atoms with Crippen LogP contribution in [0.25, 0.3) is 56.4 Å². The van der Waals surface area contributed by atoms with Gasteiger partial charge in [-0.3, -0.25) is 29.8 Å². The number of esters is 2. The maximum absolute atomic E-state index is 14.2. The van der Waals surface area contributed by atoms with E-state index in [0.29, 0.717) is 44.5 Å². The fourth-order valence-electron chi connectivity index (χ4n) is 10.9. The zero-order chi connectivity index (χ0) is 61.6. The Morgan fingerprint density at radius 3 is 1.75 bits per heavy atom. The minimum atomic E-state index is -0.852. The maximum atomic E-state index is 14.2. The van der Waals surface area contributed by atoms with Crippen LogP contribution in [0.4, 0.5) is 0 Å². The van der Waals surface area contributed by atoms with Crippen molar-refractivity contribution in [2.75, 3.05) is 0 Å². The summed E-state index contributed by atoms with van der Waals surface area (Å²) in [6.07, 6.45) is 1.75. The van der Waals surface area contributed by atoms with Gasteiger partial charge in [-0.25, -0.2) is 0 Å². The summed E-state index contributed by atoms with van der Waals surface area (Å²) < 4.78 is 27.1. The summed E-state index contributed by atoms with van der Waals surface area (Å²) in [7, 11) is 1.59. The van der Waals surface area contributed by atoms with Crippen molar-refractivity contribution in [1.82, 2.24) is 25.1 Å². The summed E-state index contributed by atoms with van der Waals surface area (Å²) >= 11 is 0. The van der Waals surface area contributed by atoms with Gasteiger partial charge in [0.25, 0.3) is 23.6 Å². The molecular formula is C69H42B2N8O10. The van der Waals surface area contributed by atoms with Crippen molar-refractivity contribution in [3.63, 3.8) is 0 Å². The molecule has 2 aliphatic rings. The van der Waals surface area contributed by atoms with Crippen LogP contribution in [0.1, 0.15) is 96.2 Å². The number of benzene rings is 8. The molecule has 0 saturated carbocycles. The van der Waals surface area contributed by atoms with Gasteiger partial charge in [-0.05, 0) is 6.07 Å². The van der Waals surface area contributed by atoms with Crippen molar-refractivity contribution >= 4 is 106 Å². The molecule has 0 spiro atoms. The molecular weight excluding hydrogens is 1120 g/mol. The molecule has 2 N–H and O–H groups in total. The Morgan fingerprint density at radius 1 is 0.607 bits per heavy atom. The first kappa shape index (κ1) is 55.8. The van der Waals surface area contributed by atoms with E-state index in [1.54, 1.807) is 73.8 Å². The molecule has 89 heavy (non-hydrogen) atoms. The average Bonchev–Trinajstić information content (AvgIpc) is 1.72. The monoisotopic (exact) mass is 1160 g/mol. The van der Waals surface area contributed by atoms with E-state index in [4.69, 9.17) is 33.2 Å². The van der Waals surface area contributed by atoms with Crippen molar-refractivity contribution in [1.29, 1.82) is 10.5 Å². The molecule has 0 unspecified atom stereocenters. The number of nitrogens with one attached hydrogen (secondary N) is 2. The van der Waals surface area contributed by atoms with Crippen LogP contribution in [0.15, 0.2) is 196 Å². The van der Waals surface area contributed by atoms with Crippen LogP contribution >= 0.6 is 0 Å². The molecule has 18 nitrogen and oxygen atoms in total. The van der Waals surface area contributed by atoms with Crippen molar-refractivity contribution in [3.8, 4) is 34.9 Å². The molecule has 0 saturated heterocycles. The first-order chi connectivity index (χ1) is 43.2. The van der Waals surface area contributed by atoms with Crippen molar-refractivity contribution in [2.45, 2.75) is 20.7 Å². The second-order valence-electron chi connectivity index (χ2n) is 21.0. The molecule has 2 aliphatic heterocycles. The predicted molar refractivity (Wildman–Crippen MR) is 331 cm³/mol. The molecule has 13 rings (SSSR count). The fraction of sp³-hybridized carbons (Fsp3) is 0.0435. The Labute approximate surface area is 506 Å². The van der Waals surface area contributed by atoms with Crippen molar-refractivity contribution in [2.24, 2.45) is 4.90 Å². The number of rotatable bonds is 13. The van der Waals surface area contributed by atoms with E-state index in [1.165, 1.54) is 36.4 Å². The number of allylic oxidation sites excluding steroid dienone is 1. The number of aromatic nitrogens is 3. The summed E-state index contributed by atoms with van der Waals surface area (Å²) in [5.74, 6) is -4.23. The number of hydrogen-bond donors (Lipinski definition) is 2. The second-order valence-corrected chi connectivity index (χ2v) is 21.0. The van der Waals surface area contributed by atoms with Crippen LogP contribution in [-0.4, -0.2) is 63.9 Å². The van der Waals surface area contributed by atoms with Gasteiger partial charge in [0.05, 0.1) is 16.7 Å². The molecule has 0 atom stereocenters.